The number of aryl methyl sites for hydroxylation is 2. The van der Waals surface area contributed by atoms with E-state index in [2.05, 4.69) is 70.5 Å². The molecule has 77 heavy (non-hydrogen) atoms. The van der Waals surface area contributed by atoms with E-state index in [1.165, 1.54) is 22.0 Å². The van der Waals surface area contributed by atoms with Gasteiger partial charge in [-0.3, -0.25) is 14.5 Å². The lowest BCUT2D eigenvalue weighted by molar-refractivity contribution is -0.688. The molecule has 4 aromatic rings. The fourth-order valence-electron chi connectivity index (χ4n) is 10.2. The minimum atomic E-state index is -1.16. The molecule has 22 heteroatoms. The van der Waals surface area contributed by atoms with E-state index in [1.807, 2.05) is 106 Å². The average molecular weight is 1280 g/mol. The van der Waals surface area contributed by atoms with Crippen LogP contribution in [0.15, 0.2) is 122 Å². The number of ether oxygens (including phenoxy) is 3. The van der Waals surface area contributed by atoms with Crippen LogP contribution in [0.25, 0.3) is 0 Å². The zero-order chi connectivity index (χ0) is 55.7. The van der Waals surface area contributed by atoms with Gasteiger partial charge in [-0.05, 0) is 87.5 Å². The number of hydrogen-bond acceptors (Lipinski definition) is 13. The second-order valence-corrected chi connectivity index (χ2v) is 21.4. The van der Waals surface area contributed by atoms with Crippen molar-refractivity contribution in [2.75, 3.05) is 26.4 Å². The zero-order valence-corrected chi connectivity index (χ0v) is 47.3. The maximum absolute atomic E-state index is 13.3. The second kappa shape index (κ2) is 26.0. The van der Waals surface area contributed by atoms with Gasteiger partial charge in [0, 0.05) is 23.0 Å². The van der Waals surface area contributed by atoms with E-state index in [0.29, 0.717) is 61.7 Å². The van der Waals surface area contributed by atoms with Crippen LogP contribution in [0.2, 0.25) is 0 Å². The molecule has 2 amide bonds. The number of halogens is 2. The molecule has 404 valence electrons. The van der Waals surface area contributed by atoms with Crippen LogP contribution in [-0.4, -0.2) is 103 Å². The van der Waals surface area contributed by atoms with E-state index >= 15 is 0 Å². The lowest BCUT2D eigenvalue weighted by Crippen LogP contribution is -2.63. The number of imidazole rings is 2. The first kappa shape index (κ1) is 57.8. The van der Waals surface area contributed by atoms with Crippen LogP contribution < -0.4 is 18.6 Å². The molecule has 2 saturated heterocycles. The van der Waals surface area contributed by atoms with Crippen molar-refractivity contribution >= 4 is 74.9 Å². The number of nitrogens with zero attached hydrogens (tertiary/aromatic N) is 8. The summed E-state index contributed by atoms with van der Waals surface area (Å²) in [5, 5.41) is 37.3. The number of esters is 1. The Morgan fingerprint density at radius 2 is 1.25 bits per heavy atom. The SMILES string of the molecule is C=CCOOC(=O)C(C)C1C(=O)N2C(C(=O)OCC=C)=C(COc3ccc(C[n+]4ccn(CCC#N)c4)cc3I)[C@H](C)C12.CC(O)C1C(=O)N2C(C(=O)O)=C(COc3ccc(C[n+]4ccn(CCC#N)c4)cc3I)[C@H](C)C12. The van der Waals surface area contributed by atoms with Crippen LogP contribution in [0.5, 0.6) is 11.5 Å². The Kier molecular flexibility index (Phi) is 19.5. The van der Waals surface area contributed by atoms with Gasteiger partial charge < -0.3 is 34.2 Å². The molecule has 8 atom stereocenters. The van der Waals surface area contributed by atoms with Gasteiger partial charge in [0.15, 0.2) is 0 Å². The number of aliphatic hydroxyl groups excluding tert-OH is 1. The maximum Gasteiger partial charge on any atom is 0.355 e. The highest BCUT2D eigenvalue weighted by Gasteiger charge is 2.62. The first-order valence-electron chi connectivity index (χ1n) is 24.9. The van der Waals surface area contributed by atoms with Crippen LogP contribution in [-0.2, 0) is 64.7 Å². The van der Waals surface area contributed by atoms with Gasteiger partial charge >= 0.3 is 17.9 Å². The number of benzene rings is 2. The van der Waals surface area contributed by atoms with Crippen LogP contribution in [0.3, 0.4) is 0 Å². The van der Waals surface area contributed by atoms with Gasteiger partial charge in [-0.25, -0.2) is 32.7 Å². The van der Waals surface area contributed by atoms with Gasteiger partial charge in [-0.15, -0.1) is 6.58 Å². The fraction of sp³-hybridized carbons (Fsp3) is 0.400. The molecular weight excluding hydrogens is 1220 g/mol. The Balaban J connectivity index is 0.000000230. The fourth-order valence-corrected chi connectivity index (χ4v) is 11.7. The van der Waals surface area contributed by atoms with Crippen molar-refractivity contribution in [1.82, 2.24) is 18.9 Å². The van der Waals surface area contributed by atoms with E-state index in [9.17, 15) is 34.2 Å². The van der Waals surface area contributed by atoms with E-state index in [-0.39, 0.29) is 67.5 Å². The Morgan fingerprint density at radius 1 is 0.766 bits per heavy atom. The highest BCUT2D eigenvalue weighted by atomic mass is 127. The number of amides is 2. The minimum absolute atomic E-state index is 0.0105. The number of rotatable bonds is 24. The molecule has 20 nitrogen and oxygen atoms in total. The predicted octanol–water partition coefficient (Wildman–Crippen LogP) is 5.40. The lowest BCUT2D eigenvalue weighted by atomic mass is 9.74. The molecule has 6 heterocycles. The molecule has 2 aromatic heterocycles. The number of nitriles is 2. The van der Waals surface area contributed by atoms with Gasteiger partial charge in [0.25, 0.3) is 0 Å². The van der Waals surface area contributed by atoms with Gasteiger partial charge in [0.05, 0.1) is 68.1 Å². The molecule has 4 aliphatic rings. The Bertz CT molecular complexity index is 3080. The summed E-state index contributed by atoms with van der Waals surface area (Å²) in [5.41, 5.74) is 3.44. The molecule has 0 aliphatic carbocycles. The van der Waals surface area contributed by atoms with Crippen molar-refractivity contribution in [1.29, 1.82) is 10.5 Å². The third kappa shape index (κ3) is 12.8. The molecule has 4 aliphatic heterocycles. The number of carbonyl (C=O) groups is 5. The molecule has 8 rings (SSSR count). The Morgan fingerprint density at radius 3 is 1.71 bits per heavy atom. The van der Waals surface area contributed by atoms with Crippen LogP contribution in [0.4, 0.5) is 0 Å². The largest absolute Gasteiger partial charge is 0.488 e. The third-order valence-corrected chi connectivity index (χ3v) is 15.7. The smallest absolute Gasteiger partial charge is 0.355 e. The summed E-state index contributed by atoms with van der Waals surface area (Å²) >= 11 is 4.40. The van der Waals surface area contributed by atoms with E-state index in [1.54, 1.807) is 13.8 Å². The quantitative estimate of drug-likeness (QED) is 0.0131. The van der Waals surface area contributed by atoms with E-state index in [0.717, 1.165) is 18.3 Å². The number of carbonyl (C=O) groups excluding carboxylic acids is 4. The number of hydrogen-bond donors (Lipinski definition) is 2. The third-order valence-electron chi connectivity index (χ3n) is 14.0. The molecule has 2 N–H and O–H groups in total. The Labute approximate surface area is 473 Å². The summed E-state index contributed by atoms with van der Waals surface area (Å²) < 4.78 is 27.3. The van der Waals surface area contributed by atoms with E-state index in [4.69, 9.17) is 34.5 Å². The number of carboxylic acids is 1. The summed E-state index contributed by atoms with van der Waals surface area (Å²) in [4.78, 5) is 75.8. The summed E-state index contributed by atoms with van der Waals surface area (Å²) in [7, 11) is 0. The monoisotopic (exact) mass is 1280 g/mol. The first-order valence-corrected chi connectivity index (χ1v) is 27.0. The highest BCUT2D eigenvalue weighted by Crippen LogP contribution is 2.50. The number of aliphatic carboxylic acids is 1. The molecule has 2 fully saturated rings. The number of carboxylic acid groups (broad SMARTS) is 1. The van der Waals surface area contributed by atoms with Crippen molar-refractivity contribution in [3.63, 3.8) is 0 Å². The molecule has 0 radical (unpaired) electrons. The second-order valence-electron chi connectivity index (χ2n) is 19.0. The predicted molar refractivity (Wildman–Crippen MR) is 290 cm³/mol. The van der Waals surface area contributed by atoms with Crippen molar-refractivity contribution in [2.24, 2.45) is 29.6 Å². The highest BCUT2D eigenvalue weighted by molar-refractivity contribution is 14.1. The van der Waals surface area contributed by atoms with E-state index < -0.39 is 47.8 Å². The van der Waals surface area contributed by atoms with Gasteiger partial charge in [0.1, 0.15) is 100 Å². The van der Waals surface area contributed by atoms with Crippen molar-refractivity contribution in [2.45, 2.75) is 84.9 Å². The normalized spacial score (nSPS) is 20.8. The summed E-state index contributed by atoms with van der Waals surface area (Å²) in [5.74, 6) is -4.48. The first-order chi connectivity index (χ1) is 36.9. The van der Waals surface area contributed by atoms with Crippen LogP contribution >= 0.6 is 45.2 Å². The van der Waals surface area contributed by atoms with Crippen molar-refractivity contribution in [3.8, 4) is 23.6 Å². The molecule has 0 bridgehead atoms. The summed E-state index contributed by atoms with van der Waals surface area (Å²) in [6.07, 6.45) is 14.7. The maximum atomic E-state index is 13.3. The number of aliphatic hydroxyl groups is 1. The number of aromatic nitrogens is 4. The minimum Gasteiger partial charge on any atom is -0.488 e. The zero-order valence-electron chi connectivity index (χ0n) is 43.0. The number of β-lactam (4-membered cyclic amide) rings is 2. The van der Waals surface area contributed by atoms with Gasteiger partial charge in [0.2, 0.25) is 24.5 Å². The summed E-state index contributed by atoms with van der Waals surface area (Å²) in [6, 6.07) is 15.2. The van der Waals surface area contributed by atoms with Crippen LogP contribution in [0, 0.1) is 59.4 Å². The molecule has 0 saturated carbocycles. The number of fused-ring (bicyclic) bond motifs is 2. The van der Waals surface area contributed by atoms with Crippen molar-refractivity contribution < 1.29 is 67.3 Å². The lowest BCUT2D eigenvalue weighted by Gasteiger charge is -2.47. The van der Waals surface area contributed by atoms with Crippen molar-refractivity contribution in [3.05, 3.63) is 140 Å². The molecule has 2 aromatic carbocycles. The van der Waals surface area contributed by atoms with Gasteiger partial charge in [-0.1, -0.05) is 51.6 Å². The topological polar surface area (TPSA) is 244 Å². The van der Waals surface area contributed by atoms with Gasteiger partial charge in [-0.2, -0.15) is 15.4 Å². The average Bonchev–Trinajstić information content (AvgIpc) is 4.23. The molecule has 6 unspecified atom stereocenters. The summed E-state index contributed by atoms with van der Waals surface area (Å²) in [6.45, 7) is 16.8. The standard InChI is InChI=1S/C31H34IN4O7.C24H25IN4O5/c1-5-14-40-31(39)28-23(20(3)27-26(29(37)36(27)28)21(4)30(38)43-42-15-6-2)18-41-25-9-8-22(16-24(25)32)17-35-13-12-34(19-35)11-7-10-33;1-14-17(22(24(32)33)29-21(14)20(15(2)30)23(29)31)12-34-19-5-4-16(10-18(19)25)11-28-9-8-27(13-28)7-3-6-26/h5-6,8-9,12-13,16,19-21,26-27H,1-2,7,11,14-15,17-18H2,3-4H3;4-5,8-10,13-15,20-21,30H,3,7,11-12H2,1-2H3/q+1;/p+1/t20-,21?,26?,27?;14-,15?,20?,21?/m00/s1. The Hall–Kier alpha value is -6.87. The molecular formula is C55H60I2N8O12+2. The van der Waals surface area contributed by atoms with Crippen LogP contribution in [0.1, 0.15) is 51.7 Å². The molecule has 0 spiro atoms.